The van der Waals surface area contributed by atoms with E-state index in [-0.39, 0.29) is 12.5 Å². The molecule has 2 rings (SSSR count). The van der Waals surface area contributed by atoms with Crippen molar-refractivity contribution in [2.75, 3.05) is 30.8 Å². The number of hydrogen-bond donors (Lipinski definition) is 4. The van der Waals surface area contributed by atoms with Crippen molar-refractivity contribution in [3.63, 3.8) is 0 Å². The molecule has 0 radical (unpaired) electrons. The highest BCUT2D eigenvalue weighted by atomic mass is 16.6. The number of aliphatic imine (C=N–C) groups is 1. The quantitative estimate of drug-likeness (QED) is 0.295. The van der Waals surface area contributed by atoms with Gasteiger partial charge >= 0.3 is 6.09 Å². The number of nitrogens with zero attached hydrogens (tertiary/aromatic N) is 1. The second-order valence-corrected chi connectivity index (χ2v) is 8.20. The van der Waals surface area contributed by atoms with E-state index in [2.05, 4.69) is 32.2 Å². The molecule has 0 saturated heterocycles. The van der Waals surface area contributed by atoms with Gasteiger partial charge in [0.1, 0.15) is 5.60 Å². The third kappa shape index (κ3) is 9.78. The van der Waals surface area contributed by atoms with E-state index in [4.69, 9.17) is 11.2 Å². The molecule has 0 aliphatic rings. The highest BCUT2D eigenvalue weighted by Gasteiger charge is 2.16. The number of rotatable bonds is 7. The molecule has 8 nitrogen and oxygen atoms in total. The van der Waals surface area contributed by atoms with Crippen molar-refractivity contribution in [2.45, 2.75) is 32.8 Å². The summed E-state index contributed by atoms with van der Waals surface area (Å²) in [7, 11) is 1.64. The topological polar surface area (TPSA) is 104 Å². The minimum absolute atomic E-state index is 0.0605. The average Bonchev–Trinajstić information content (AvgIpc) is 2.76. The standard InChI is InChI=1S/C25H31N5O3/c1-6-18-8-7-9-21(16-18)29-22(31)17-28-23(26-5)27-15-14-19-10-12-20(13-11-19)30-24(32)33-25(2,3)4/h1,7-13,16H,14-15,17H2,2-5H3,(H,29,31)(H,30,32)(H2,26,27,28). The van der Waals surface area contributed by atoms with Crippen LogP contribution in [-0.2, 0) is 16.0 Å². The maximum absolute atomic E-state index is 12.2. The van der Waals surface area contributed by atoms with Gasteiger partial charge in [0.25, 0.3) is 0 Å². The minimum atomic E-state index is -0.546. The van der Waals surface area contributed by atoms with Gasteiger partial charge < -0.3 is 20.7 Å². The van der Waals surface area contributed by atoms with Gasteiger partial charge in [-0.2, -0.15) is 0 Å². The first-order valence-corrected chi connectivity index (χ1v) is 10.6. The predicted molar refractivity (Wildman–Crippen MR) is 132 cm³/mol. The summed E-state index contributed by atoms with van der Waals surface area (Å²) in [6.07, 6.45) is 5.63. The molecule has 0 fully saturated rings. The number of carbonyl (C=O) groups excluding carboxylic acids is 2. The maximum Gasteiger partial charge on any atom is 0.412 e. The van der Waals surface area contributed by atoms with E-state index >= 15 is 0 Å². The number of carbonyl (C=O) groups is 2. The molecule has 2 amide bonds. The Kier molecular flexibility index (Phi) is 9.30. The molecule has 8 heteroatoms. The van der Waals surface area contributed by atoms with E-state index in [0.29, 0.717) is 29.4 Å². The van der Waals surface area contributed by atoms with Crippen LogP contribution < -0.4 is 21.3 Å². The van der Waals surface area contributed by atoms with Gasteiger partial charge in [-0.15, -0.1) is 6.42 Å². The molecule has 174 valence electrons. The van der Waals surface area contributed by atoms with Crippen LogP contribution in [0.2, 0.25) is 0 Å². The third-order valence-electron chi connectivity index (χ3n) is 4.26. The average molecular weight is 450 g/mol. The molecule has 2 aromatic carbocycles. The van der Waals surface area contributed by atoms with Crippen molar-refractivity contribution in [2.24, 2.45) is 4.99 Å². The van der Waals surface area contributed by atoms with Crippen molar-refractivity contribution in [1.82, 2.24) is 10.6 Å². The predicted octanol–water partition coefficient (Wildman–Crippen LogP) is 3.36. The van der Waals surface area contributed by atoms with Gasteiger partial charge in [0.05, 0.1) is 6.54 Å². The van der Waals surface area contributed by atoms with E-state index in [1.54, 1.807) is 31.3 Å². The summed E-state index contributed by atoms with van der Waals surface area (Å²) in [5, 5.41) is 11.6. The number of ether oxygens (including phenoxy) is 1. The number of terminal acetylenes is 1. The summed E-state index contributed by atoms with van der Waals surface area (Å²) in [4.78, 5) is 28.1. The van der Waals surface area contributed by atoms with Crippen LogP contribution in [0.15, 0.2) is 53.5 Å². The minimum Gasteiger partial charge on any atom is -0.444 e. The van der Waals surface area contributed by atoms with Crippen LogP contribution in [0.1, 0.15) is 31.9 Å². The van der Waals surface area contributed by atoms with Crippen molar-refractivity contribution in [3.05, 3.63) is 59.7 Å². The van der Waals surface area contributed by atoms with E-state index in [0.717, 1.165) is 12.0 Å². The first-order chi connectivity index (χ1) is 15.7. The third-order valence-corrected chi connectivity index (χ3v) is 4.26. The van der Waals surface area contributed by atoms with Crippen LogP contribution in [0.4, 0.5) is 16.2 Å². The lowest BCUT2D eigenvalue weighted by Crippen LogP contribution is -2.42. The molecule has 0 aliphatic heterocycles. The number of benzene rings is 2. The van der Waals surface area contributed by atoms with Crippen molar-refractivity contribution in [3.8, 4) is 12.3 Å². The molecule has 0 heterocycles. The number of hydrogen-bond acceptors (Lipinski definition) is 4. The summed E-state index contributed by atoms with van der Waals surface area (Å²) in [5.41, 5.74) is 2.54. The fourth-order valence-electron chi connectivity index (χ4n) is 2.78. The molecule has 2 aromatic rings. The largest absolute Gasteiger partial charge is 0.444 e. The van der Waals surface area contributed by atoms with Gasteiger partial charge in [-0.3, -0.25) is 15.1 Å². The lowest BCUT2D eigenvalue weighted by atomic mass is 10.1. The van der Waals surface area contributed by atoms with Crippen LogP contribution in [-0.4, -0.2) is 43.7 Å². The molecule has 0 aliphatic carbocycles. The number of amides is 2. The second-order valence-electron chi connectivity index (χ2n) is 8.20. The summed E-state index contributed by atoms with van der Waals surface area (Å²) in [5.74, 6) is 2.85. The summed E-state index contributed by atoms with van der Waals surface area (Å²) in [6, 6.07) is 14.6. The van der Waals surface area contributed by atoms with Gasteiger partial charge in [0.2, 0.25) is 5.91 Å². The number of nitrogens with one attached hydrogen (secondary N) is 4. The fraction of sp³-hybridized carbons (Fsp3) is 0.320. The molecule has 0 saturated carbocycles. The molecule has 0 spiro atoms. The Labute approximate surface area is 195 Å². The first kappa shape index (κ1) is 25.3. The Hall–Kier alpha value is -3.99. The second kappa shape index (κ2) is 12.2. The van der Waals surface area contributed by atoms with Gasteiger partial charge in [-0.25, -0.2) is 4.79 Å². The van der Waals surface area contributed by atoms with Crippen LogP contribution in [0.5, 0.6) is 0 Å². The normalized spacial score (nSPS) is 11.2. The van der Waals surface area contributed by atoms with Crippen molar-refractivity contribution >= 4 is 29.3 Å². The maximum atomic E-state index is 12.2. The summed E-state index contributed by atoms with van der Waals surface area (Å²) < 4.78 is 5.24. The lowest BCUT2D eigenvalue weighted by molar-refractivity contribution is -0.115. The highest BCUT2D eigenvalue weighted by Crippen LogP contribution is 2.13. The smallest absolute Gasteiger partial charge is 0.412 e. The Bertz CT molecular complexity index is 1020. The van der Waals surface area contributed by atoms with Gasteiger partial charge in [0, 0.05) is 30.5 Å². The Balaban J connectivity index is 1.73. The Morgan fingerprint density at radius 1 is 1.03 bits per heavy atom. The van der Waals surface area contributed by atoms with Crippen LogP contribution in [0.25, 0.3) is 0 Å². The highest BCUT2D eigenvalue weighted by molar-refractivity contribution is 5.95. The molecule has 33 heavy (non-hydrogen) atoms. The van der Waals surface area contributed by atoms with E-state index in [9.17, 15) is 9.59 Å². The van der Waals surface area contributed by atoms with Crippen molar-refractivity contribution in [1.29, 1.82) is 0 Å². The molecule has 0 aromatic heterocycles. The van der Waals surface area contributed by atoms with Gasteiger partial charge in [0.15, 0.2) is 5.96 Å². The first-order valence-electron chi connectivity index (χ1n) is 10.6. The molecular weight excluding hydrogens is 418 g/mol. The number of anilines is 2. The lowest BCUT2D eigenvalue weighted by Gasteiger charge is -2.19. The van der Waals surface area contributed by atoms with E-state index in [1.165, 1.54) is 0 Å². The SMILES string of the molecule is C#Cc1cccc(NC(=O)CNC(=NC)NCCc2ccc(NC(=O)OC(C)(C)C)cc2)c1. The molecule has 0 bridgehead atoms. The van der Waals surface area contributed by atoms with Crippen molar-refractivity contribution < 1.29 is 14.3 Å². The van der Waals surface area contributed by atoms with Crippen LogP contribution in [0, 0.1) is 12.3 Å². The van der Waals surface area contributed by atoms with E-state index < -0.39 is 11.7 Å². The zero-order chi connectivity index (χ0) is 24.3. The Morgan fingerprint density at radius 2 is 1.76 bits per heavy atom. The molecular formula is C25H31N5O3. The van der Waals surface area contributed by atoms with Crippen LogP contribution >= 0.6 is 0 Å². The monoisotopic (exact) mass is 449 g/mol. The number of guanidine groups is 1. The van der Waals surface area contributed by atoms with Gasteiger partial charge in [-0.05, 0) is 63.1 Å². The van der Waals surface area contributed by atoms with Gasteiger partial charge in [-0.1, -0.05) is 24.1 Å². The van der Waals surface area contributed by atoms with E-state index in [1.807, 2.05) is 45.0 Å². The molecule has 0 unspecified atom stereocenters. The molecule has 4 N–H and O–H groups in total. The zero-order valence-electron chi connectivity index (χ0n) is 19.5. The van der Waals surface area contributed by atoms with Crippen LogP contribution in [0.3, 0.4) is 0 Å². The summed E-state index contributed by atoms with van der Waals surface area (Å²) in [6.45, 7) is 6.12. The zero-order valence-corrected chi connectivity index (χ0v) is 19.5. The summed E-state index contributed by atoms with van der Waals surface area (Å²) >= 11 is 0. The molecule has 0 atom stereocenters. The Morgan fingerprint density at radius 3 is 2.39 bits per heavy atom. The fourth-order valence-corrected chi connectivity index (χ4v) is 2.78.